The molecule has 1 saturated heterocycles. The Morgan fingerprint density at radius 1 is 1.07 bits per heavy atom. The monoisotopic (exact) mass is 430 g/mol. The summed E-state index contributed by atoms with van der Waals surface area (Å²) in [5.41, 5.74) is 3.35. The van der Waals surface area contributed by atoms with Crippen LogP contribution < -0.4 is 15.5 Å². The molecule has 0 spiro atoms. The van der Waals surface area contributed by atoms with E-state index in [0.29, 0.717) is 36.9 Å². The average molecular weight is 431 g/mol. The third kappa shape index (κ3) is 5.25. The van der Waals surface area contributed by atoms with E-state index >= 15 is 0 Å². The van der Waals surface area contributed by atoms with Gasteiger partial charge in [0.05, 0.1) is 10.7 Å². The molecule has 2 aromatic rings. The Morgan fingerprint density at radius 3 is 2.38 bits per heavy atom. The molecule has 1 aliphatic rings. The summed E-state index contributed by atoms with van der Waals surface area (Å²) in [6.07, 6.45) is 0. The number of aryl methyl sites for hydroxylation is 1. The molecule has 0 bridgehead atoms. The summed E-state index contributed by atoms with van der Waals surface area (Å²) in [5.74, 6) is -0.164. The summed E-state index contributed by atoms with van der Waals surface area (Å²) in [4.78, 5) is 27.9. The van der Waals surface area contributed by atoms with Gasteiger partial charge in [0.25, 0.3) is 5.91 Å². The number of thiocarbonyl (C=S) groups is 1. The van der Waals surface area contributed by atoms with E-state index < -0.39 is 0 Å². The molecular weight excluding hydrogens is 408 g/mol. The minimum Gasteiger partial charge on any atom is -0.367 e. The second-order valence-corrected chi connectivity index (χ2v) is 7.71. The van der Waals surface area contributed by atoms with Crippen LogP contribution in [0.3, 0.4) is 0 Å². The van der Waals surface area contributed by atoms with Gasteiger partial charge in [-0.15, -0.1) is 0 Å². The van der Waals surface area contributed by atoms with Crippen LogP contribution in [-0.2, 0) is 4.79 Å². The zero-order valence-corrected chi connectivity index (χ0v) is 17.9. The van der Waals surface area contributed by atoms with Gasteiger partial charge in [0, 0.05) is 44.4 Å². The highest BCUT2D eigenvalue weighted by Gasteiger charge is 2.24. The lowest BCUT2D eigenvalue weighted by atomic mass is 10.1. The first-order valence-electron chi connectivity index (χ1n) is 9.33. The maximum atomic E-state index is 12.8. The summed E-state index contributed by atoms with van der Waals surface area (Å²) >= 11 is 11.5. The Labute approximate surface area is 180 Å². The summed E-state index contributed by atoms with van der Waals surface area (Å²) in [6, 6.07) is 13.2. The Bertz CT molecular complexity index is 942. The molecular formula is C21H23ClN4O2S. The highest BCUT2D eigenvalue weighted by molar-refractivity contribution is 7.80. The number of halogens is 1. The maximum absolute atomic E-state index is 12.8. The predicted molar refractivity (Wildman–Crippen MR) is 121 cm³/mol. The molecule has 0 saturated carbocycles. The molecule has 1 fully saturated rings. The van der Waals surface area contributed by atoms with E-state index in [1.807, 2.05) is 48.2 Å². The second kappa shape index (κ2) is 9.24. The summed E-state index contributed by atoms with van der Waals surface area (Å²) in [6.45, 7) is 6.03. The first-order valence-corrected chi connectivity index (χ1v) is 10.1. The first kappa shape index (κ1) is 21.1. The molecule has 29 heavy (non-hydrogen) atoms. The van der Waals surface area contributed by atoms with Gasteiger partial charge in [-0.2, -0.15) is 0 Å². The maximum Gasteiger partial charge on any atom is 0.254 e. The van der Waals surface area contributed by atoms with E-state index in [1.165, 1.54) is 6.92 Å². The quantitative estimate of drug-likeness (QED) is 0.730. The molecule has 0 aliphatic carbocycles. The fraction of sp³-hybridized carbons (Fsp3) is 0.286. The smallest absolute Gasteiger partial charge is 0.254 e. The first-order chi connectivity index (χ1) is 13.8. The number of nitrogens with one attached hydrogen (secondary N) is 2. The largest absolute Gasteiger partial charge is 0.367 e. The molecule has 1 heterocycles. The van der Waals surface area contributed by atoms with Crippen molar-refractivity contribution in [1.82, 2.24) is 10.2 Å². The van der Waals surface area contributed by atoms with Gasteiger partial charge in [0.2, 0.25) is 5.91 Å². The van der Waals surface area contributed by atoms with Crippen molar-refractivity contribution in [3.63, 3.8) is 0 Å². The average Bonchev–Trinajstić information content (AvgIpc) is 2.67. The predicted octanol–water partition coefficient (Wildman–Crippen LogP) is 3.44. The molecule has 0 aromatic heterocycles. The Morgan fingerprint density at radius 2 is 1.76 bits per heavy atom. The van der Waals surface area contributed by atoms with Gasteiger partial charge in [-0.3, -0.25) is 9.59 Å². The number of rotatable bonds is 3. The highest BCUT2D eigenvalue weighted by Crippen LogP contribution is 2.30. The Kier molecular flexibility index (Phi) is 6.71. The van der Waals surface area contributed by atoms with Gasteiger partial charge in [-0.1, -0.05) is 29.8 Å². The molecule has 2 amide bonds. The fourth-order valence-corrected chi connectivity index (χ4v) is 3.86. The molecule has 2 aromatic carbocycles. The number of amides is 2. The second-order valence-electron chi connectivity index (χ2n) is 6.90. The molecule has 8 heteroatoms. The molecule has 2 N–H and O–H groups in total. The van der Waals surface area contributed by atoms with Crippen LogP contribution in [0, 0.1) is 6.92 Å². The summed E-state index contributed by atoms with van der Waals surface area (Å²) in [5, 5.41) is 6.25. The number of benzene rings is 2. The number of carbonyl (C=O) groups excluding carboxylic acids is 2. The van der Waals surface area contributed by atoms with E-state index in [-0.39, 0.29) is 16.9 Å². The van der Waals surface area contributed by atoms with Crippen molar-refractivity contribution in [2.24, 2.45) is 0 Å². The van der Waals surface area contributed by atoms with Gasteiger partial charge in [-0.05, 0) is 49.0 Å². The van der Waals surface area contributed by atoms with Crippen LogP contribution >= 0.6 is 23.8 Å². The van der Waals surface area contributed by atoms with Crippen molar-refractivity contribution >= 4 is 52.1 Å². The molecule has 1 aliphatic heterocycles. The van der Waals surface area contributed by atoms with Gasteiger partial charge in [0.1, 0.15) is 0 Å². The number of carbonyl (C=O) groups is 2. The zero-order valence-electron chi connectivity index (χ0n) is 16.4. The van der Waals surface area contributed by atoms with Crippen LogP contribution in [-0.4, -0.2) is 48.0 Å². The molecule has 152 valence electrons. The van der Waals surface area contributed by atoms with Gasteiger partial charge >= 0.3 is 0 Å². The number of hydrogen-bond donors (Lipinski definition) is 2. The van der Waals surface area contributed by atoms with Crippen molar-refractivity contribution in [3.05, 3.63) is 58.6 Å². The van der Waals surface area contributed by atoms with Gasteiger partial charge in [0.15, 0.2) is 5.11 Å². The molecule has 0 atom stereocenters. The minimum absolute atomic E-state index is 0.0693. The van der Waals surface area contributed by atoms with Crippen LogP contribution in [0.15, 0.2) is 42.5 Å². The normalized spacial score (nSPS) is 13.8. The third-order valence-electron chi connectivity index (χ3n) is 4.78. The summed E-state index contributed by atoms with van der Waals surface area (Å²) in [7, 11) is 0. The minimum atomic E-state index is -0.233. The van der Waals surface area contributed by atoms with Crippen molar-refractivity contribution in [3.8, 4) is 0 Å². The zero-order chi connectivity index (χ0) is 21.0. The summed E-state index contributed by atoms with van der Waals surface area (Å²) < 4.78 is 0. The lowest BCUT2D eigenvalue weighted by Crippen LogP contribution is -2.49. The standard InChI is InChI=1S/C21H23ClN4O2S/c1-14-5-3-4-6-17(14)20(28)26-11-9-25(10-12-26)19-8-7-16(13-18(19)22)24-21(29)23-15(2)27/h3-8,13H,9-12H2,1-2H3,(H2,23,24,27,29). The van der Waals surface area contributed by atoms with Crippen molar-refractivity contribution in [2.45, 2.75) is 13.8 Å². The van der Waals surface area contributed by atoms with E-state index in [2.05, 4.69) is 15.5 Å². The molecule has 0 unspecified atom stereocenters. The van der Waals surface area contributed by atoms with E-state index in [4.69, 9.17) is 23.8 Å². The number of piperazine rings is 1. The number of nitrogens with zero attached hydrogens (tertiary/aromatic N) is 2. The van der Waals surface area contributed by atoms with E-state index in [9.17, 15) is 9.59 Å². The van der Waals surface area contributed by atoms with Crippen molar-refractivity contribution in [2.75, 3.05) is 36.4 Å². The van der Waals surface area contributed by atoms with E-state index in [1.54, 1.807) is 6.07 Å². The Balaban J connectivity index is 1.62. The molecule has 6 nitrogen and oxygen atoms in total. The van der Waals surface area contributed by atoms with Gasteiger partial charge < -0.3 is 20.4 Å². The lowest BCUT2D eigenvalue weighted by Gasteiger charge is -2.36. The lowest BCUT2D eigenvalue weighted by molar-refractivity contribution is -0.117. The van der Waals surface area contributed by atoms with Crippen LogP contribution in [0.5, 0.6) is 0 Å². The van der Waals surface area contributed by atoms with E-state index in [0.717, 1.165) is 16.8 Å². The van der Waals surface area contributed by atoms with Crippen LogP contribution in [0.25, 0.3) is 0 Å². The number of hydrogen-bond acceptors (Lipinski definition) is 4. The Hall–Kier alpha value is -2.64. The van der Waals surface area contributed by atoms with Crippen molar-refractivity contribution in [1.29, 1.82) is 0 Å². The van der Waals surface area contributed by atoms with Crippen LogP contribution in [0.4, 0.5) is 11.4 Å². The van der Waals surface area contributed by atoms with Crippen LogP contribution in [0.1, 0.15) is 22.8 Å². The number of anilines is 2. The van der Waals surface area contributed by atoms with Crippen LogP contribution in [0.2, 0.25) is 5.02 Å². The topological polar surface area (TPSA) is 64.7 Å². The SMILES string of the molecule is CC(=O)NC(=S)Nc1ccc(N2CCN(C(=O)c3ccccc3C)CC2)c(Cl)c1. The third-order valence-corrected chi connectivity index (χ3v) is 5.29. The fourth-order valence-electron chi connectivity index (χ4n) is 3.30. The molecule has 3 rings (SSSR count). The van der Waals surface area contributed by atoms with Crippen molar-refractivity contribution < 1.29 is 9.59 Å². The van der Waals surface area contributed by atoms with Gasteiger partial charge in [-0.25, -0.2) is 0 Å². The molecule has 0 radical (unpaired) electrons. The highest BCUT2D eigenvalue weighted by atomic mass is 35.5.